The molecule has 0 fully saturated rings. The quantitative estimate of drug-likeness (QED) is 0.198. The Bertz CT molecular complexity index is 959. The van der Waals surface area contributed by atoms with Gasteiger partial charge in [-0.2, -0.15) is 0 Å². The Hall–Kier alpha value is -2.90. The van der Waals surface area contributed by atoms with E-state index in [0.29, 0.717) is 38.3 Å². The molecule has 0 aliphatic heterocycles. The molecule has 3 N–H and O–H groups in total. The molecular weight excluding hydrogens is 502 g/mol. The maximum atomic E-state index is 12.9. The number of aliphatic hydroxyl groups excluding tert-OH is 1. The van der Waals surface area contributed by atoms with Gasteiger partial charge in [0.25, 0.3) is 0 Å². The molecule has 7 nitrogen and oxygen atoms in total. The first-order chi connectivity index (χ1) is 19.3. The van der Waals surface area contributed by atoms with Crippen LogP contribution in [-0.2, 0) is 22.6 Å². The molecule has 7 heteroatoms. The number of rotatable bonds is 20. The fourth-order valence-electron chi connectivity index (χ4n) is 4.52. The molecule has 0 bridgehead atoms. The van der Waals surface area contributed by atoms with Crippen molar-refractivity contribution in [1.29, 1.82) is 0 Å². The van der Waals surface area contributed by atoms with Gasteiger partial charge in [0.15, 0.2) is 0 Å². The first kappa shape index (κ1) is 33.3. The van der Waals surface area contributed by atoms with Crippen molar-refractivity contribution in [3.05, 3.63) is 65.7 Å². The van der Waals surface area contributed by atoms with E-state index in [0.717, 1.165) is 55.8 Å². The van der Waals surface area contributed by atoms with Gasteiger partial charge in [-0.3, -0.25) is 9.59 Å². The first-order valence-corrected chi connectivity index (χ1v) is 15.0. The van der Waals surface area contributed by atoms with Crippen LogP contribution >= 0.6 is 0 Å². The Balaban J connectivity index is 1.93. The highest BCUT2D eigenvalue weighted by Gasteiger charge is 2.22. The molecule has 0 aliphatic carbocycles. The van der Waals surface area contributed by atoms with Crippen molar-refractivity contribution < 1.29 is 19.4 Å². The van der Waals surface area contributed by atoms with Gasteiger partial charge in [0.05, 0.1) is 12.1 Å². The van der Waals surface area contributed by atoms with E-state index in [1.165, 1.54) is 0 Å². The monoisotopic (exact) mass is 553 g/mol. The second-order valence-corrected chi connectivity index (χ2v) is 11.0. The number of ether oxygens (including phenoxy) is 1. The minimum absolute atomic E-state index is 0.108. The molecule has 0 spiro atoms. The summed E-state index contributed by atoms with van der Waals surface area (Å²) in [6.45, 7) is 11.7. The zero-order valence-electron chi connectivity index (χ0n) is 25.0. The van der Waals surface area contributed by atoms with Gasteiger partial charge in [-0.1, -0.05) is 70.2 Å². The number of amides is 2. The van der Waals surface area contributed by atoms with Gasteiger partial charge in [0.2, 0.25) is 11.8 Å². The molecule has 2 amide bonds. The van der Waals surface area contributed by atoms with Crippen molar-refractivity contribution in [2.75, 3.05) is 26.2 Å². The van der Waals surface area contributed by atoms with E-state index in [9.17, 15) is 14.7 Å². The van der Waals surface area contributed by atoms with Crippen LogP contribution in [0.15, 0.2) is 54.6 Å². The summed E-state index contributed by atoms with van der Waals surface area (Å²) in [7, 11) is 0. The molecule has 0 radical (unpaired) electrons. The molecule has 0 unspecified atom stereocenters. The number of hydrogen-bond donors (Lipinski definition) is 3. The van der Waals surface area contributed by atoms with E-state index in [1.54, 1.807) is 0 Å². The van der Waals surface area contributed by atoms with E-state index >= 15 is 0 Å². The summed E-state index contributed by atoms with van der Waals surface area (Å²) in [4.78, 5) is 27.3. The van der Waals surface area contributed by atoms with E-state index in [4.69, 9.17) is 4.74 Å². The topological polar surface area (TPSA) is 90.9 Å². The molecular formula is C33H51N3O4. The lowest BCUT2D eigenvalue weighted by Gasteiger charge is -2.25. The normalized spacial score (nSPS) is 12.7. The fraction of sp³-hybridized carbons (Fsp3) is 0.576. The molecule has 0 aromatic heterocycles. The van der Waals surface area contributed by atoms with Crippen molar-refractivity contribution in [1.82, 2.24) is 15.5 Å². The van der Waals surface area contributed by atoms with Gasteiger partial charge >= 0.3 is 0 Å². The van der Waals surface area contributed by atoms with Crippen molar-refractivity contribution in [3.8, 4) is 5.75 Å². The number of benzene rings is 2. The average molecular weight is 554 g/mol. The Morgan fingerprint density at radius 1 is 0.925 bits per heavy atom. The molecule has 0 heterocycles. The third-order valence-electron chi connectivity index (χ3n) is 6.82. The summed E-state index contributed by atoms with van der Waals surface area (Å²) in [5.41, 5.74) is 2.11. The molecule has 2 atom stereocenters. The van der Waals surface area contributed by atoms with E-state index < -0.39 is 12.1 Å². The number of nitrogens with one attached hydrogen (secondary N) is 2. The Labute approximate surface area is 241 Å². The predicted octanol–water partition coefficient (Wildman–Crippen LogP) is 5.11. The van der Waals surface area contributed by atoms with Crippen LogP contribution in [0.25, 0.3) is 0 Å². The number of aliphatic hydroxyl groups is 1. The van der Waals surface area contributed by atoms with Gasteiger partial charge in [-0.05, 0) is 67.8 Å². The number of nitrogens with zero attached hydrogens (tertiary/aromatic N) is 1. The van der Waals surface area contributed by atoms with Crippen LogP contribution in [0.3, 0.4) is 0 Å². The van der Waals surface area contributed by atoms with Crippen LogP contribution in [0.4, 0.5) is 0 Å². The lowest BCUT2D eigenvalue weighted by molar-refractivity contribution is -0.131. The van der Waals surface area contributed by atoms with Crippen LogP contribution in [0, 0.1) is 5.92 Å². The second kappa shape index (κ2) is 19.2. The van der Waals surface area contributed by atoms with Crippen LogP contribution in [-0.4, -0.2) is 60.1 Å². The zero-order valence-corrected chi connectivity index (χ0v) is 25.0. The average Bonchev–Trinajstić information content (AvgIpc) is 2.94. The van der Waals surface area contributed by atoms with Crippen LogP contribution in [0.2, 0.25) is 0 Å². The summed E-state index contributed by atoms with van der Waals surface area (Å²) >= 11 is 0. The molecule has 2 aromatic rings. The largest absolute Gasteiger partial charge is 0.489 e. The standard InChI is InChI=1S/C33H51N3O4/c1-5-21-36(22-6-2)33(39)14-10-13-32(38)35-30(31(37)24-34-20-19-26(3)4)23-27-15-17-29(18-16-27)40-25-28-11-8-7-9-12-28/h7-9,11-12,15-18,26,30-31,34,37H,5-6,10,13-14,19-25H2,1-4H3,(H,35,38)/t30-,31+/m0/s1. The third-order valence-corrected chi connectivity index (χ3v) is 6.82. The highest BCUT2D eigenvalue weighted by atomic mass is 16.5. The smallest absolute Gasteiger partial charge is 0.222 e. The van der Waals surface area contributed by atoms with E-state index in [-0.39, 0.29) is 18.2 Å². The van der Waals surface area contributed by atoms with Crippen LogP contribution in [0.5, 0.6) is 5.75 Å². The number of carbonyl (C=O) groups is 2. The van der Waals surface area contributed by atoms with Crippen molar-refractivity contribution >= 4 is 11.8 Å². The van der Waals surface area contributed by atoms with Crippen molar-refractivity contribution in [3.63, 3.8) is 0 Å². The van der Waals surface area contributed by atoms with Crippen LogP contribution in [0.1, 0.15) is 77.3 Å². The lowest BCUT2D eigenvalue weighted by atomic mass is 10.00. The number of hydrogen-bond acceptors (Lipinski definition) is 5. The number of carbonyl (C=O) groups excluding carboxylic acids is 2. The van der Waals surface area contributed by atoms with Gasteiger partial charge < -0.3 is 25.4 Å². The Morgan fingerprint density at radius 3 is 2.23 bits per heavy atom. The predicted molar refractivity (Wildman–Crippen MR) is 162 cm³/mol. The highest BCUT2D eigenvalue weighted by molar-refractivity contribution is 5.79. The summed E-state index contributed by atoms with van der Waals surface area (Å²) in [5, 5.41) is 17.4. The zero-order chi connectivity index (χ0) is 29.2. The van der Waals surface area contributed by atoms with Crippen molar-refractivity contribution in [2.24, 2.45) is 5.92 Å². The molecule has 2 rings (SSSR count). The van der Waals surface area contributed by atoms with Gasteiger partial charge in [-0.15, -0.1) is 0 Å². The summed E-state index contributed by atoms with van der Waals surface area (Å²) < 4.78 is 5.90. The maximum absolute atomic E-state index is 12.9. The third kappa shape index (κ3) is 13.4. The molecule has 0 saturated heterocycles. The molecule has 2 aromatic carbocycles. The summed E-state index contributed by atoms with van der Waals surface area (Å²) in [5.74, 6) is 1.32. The SMILES string of the molecule is CCCN(CCC)C(=O)CCCC(=O)N[C@@H](Cc1ccc(OCc2ccccc2)cc1)[C@H](O)CNCCC(C)C. The molecule has 0 saturated carbocycles. The Kier molecular flexibility index (Phi) is 16.0. The maximum Gasteiger partial charge on any atom is 0.222 e. The first-order valence-electron chi connectivity index (χ1n) is 15.0. The molecule has 0 aliphatic rings. The Morgan fingerprint density at radius 2 is 1.60 bits per heavy atom. The molecule has 222 valence electrons. The second-order valence-electron chi connectivity index (χ2n) is 11.0. The summed E-state index contributed by atoms with van der Waals surface area (Å²) in [6.07, 6.45) is 3.75. The van der Waals surface area contributed by atoms with Gasteiger partial charge in [0.1, 0.15) is 12.4 Å². The van der Waals surface area contributed by atoms with Crippen LogP contribution < -0.4 is 15.4 Å². The lowest BCUT2D eigenvalue weighted by Crippen LogP contribution is -2.48. The van der Waals surface area contributed by atoms with Gasteiger partial charge in [0, 0.05) is 32.5 Å². The molecule has 40 heavy (non-hydrogen) atoms. The van der Waals surface area contributed by atoms with Crippen molar-refractivity contribution in [2.45, 2.75) is 91.4 Å². The highest BCUT2D eigenvalue weighted by Crippen LogP contribution is 2.16. The summed E-state index contributed by atoms with van der Waals surface area (Å²) in [6, 6.07) is 17.4. The minimum Gasteiger partial charge on any atom is -0.489 e. The fourth-order valence-corrected chi connectivity index (χ4v) is 4.52. The van der Waals surface area contributed by atoms with E-state index in [1.807, 2.05) is 59.5 Å². The minimum atomic E-state index is -0.739. The van der Waals surface area contributed by atoms with E-state index in [2.05, 4.69) is 38.3 Å². The van der Waals surface area contributed by atoms with Gasteiger partial charge in [-0.25, -0.2) is 0 Å².